The molecule has 1 aromatic carbocycles. The summed E-state index contributed by atoms with van der Waals surface area (Å²) in [6.45, 7) is 3.63. The lowest BCUT2D eigenvalue weighted by atomic mass is 9.93. The number of anilines is 1. The third-order valence-corrected chi connectivity index (χ3v) is 5.05. The Balaban J connectivity index is 1.72. The summed E-state index contributed by atoms with van der Waals surface area (Å²) >= 11 is 0. The maximum absolute atomic E-state index is 12.0. The fourth-order valence-corrected chi connectivity index (χ4v) is 3.64. The summed E-state index contributed by atoms with van der Waals surface area (Å²) in [5, 5.41) is 0. The second-order valence-corrected chi connectivity index (χ2v) is 7.61. The summed E-state index contributed by atoms with van der Waals surface area (Å²) < 4.78 is 26.7. The number of benzene rings is 1. The van der Waals surface area contributed by atoms with Crippen molar-refractivity contribution in [1.82, 2.24) is 4.72 Å². The average Bonchev–Trinajstić information content (AvgIpc) is 3.09. The van der Waals surface area contributed by atoms with Crippen LogP contribution in [0.4, 0.5) is 5.69 Å². The molecule has 0 aromatic heterocycles. The van der Waals surface area contributed by atoms with Crippen LogP contribution in [0.5, 0.6) is 0 Å². The molecule has 0 unspecified atom stereocenters. The number of nitrogens with one attached hydrogen (secondary N) is 1. The molecule has 5 nitrogen and oxygen atoms in total. The van der Waals surface area contributed by atoms with Crippen molar-refractivity contribution in [2.24, 2.45) is 5.73 Å². The Morgan fingerprint density at radius 1 is 1.26 bits per heavy atom. The van der Waals surface area contributed by atoms with E-state index >= 15 is 0 Å². The highest BCUT2D eigenvalue weighted by Gasteiger charge is 2.35. The van der Waals surface area contributed by atoms with E-state index in [1.165, 1.54) is 0 Å². The number of nitrogens with zero attached hydrogens (tertiary/aromatic N) is 1. The maximum atomic E-state index is 12.0. The van der Waals surface area contributed by atoms with Gasteiger partial charge in [0.05, 0.1) is 4.90 Å². The average molecular weight is 281 g/mol. The predicted octanol–water partition coefficient (Wildman–Crippen LogP) is 0.665. The lowest BCUT2D eigenvalue weighted by Gasteiger charge is -2.47. The van der Waals surface area contributed by atoms with Crippen LogP contribution in [0.2, 0.25) is 0 Å². The zero-order chi connectivity index (χ0) is 13.7. The Kier molecular flexibility index (Phi) is 2.85. The molecule has 2 fully saturated rings. The zero-order valence-electron chi connectivity index (χ0n) is 11.0. The summed E-state index contributed by atoms with van der Waals surface area (Å²) in [5.41, 5.74) is 6.86. The smallest absolute Gasteiger partial charge is 0.240 e. The third-order valence-electron chi connectivity index (χ3n) is 3.52. The van der Waals surface area contributed by atoms with Crippen molar-refractivity contribution >= 4 is 15.7 Å². The van der Waals surface area contributed by atoms with E-state index in [9.17, 15) is 8.42 Å². The normalized spacial score (nSPS) is 22.1. The van der Waals surface area contributed by atoms with Crippen molar-refractivity contribution in [3.05, 3.63) is 24.3 Å². The second-order valence-electron chi connectivity index (χ2n) is 5.90. The minimum absolute atomic E-state index is 0.127. The third kappa shape index (κ3) is 2.75. The van der Waals surface area contributed by atoms with Crippen molar-refractivity contribution in [1.29, 1.82) is 0 Å². The van der Waals surface area contributed by atoms with Crippen LogP contribution >= 0.6 is 0 Å². The molecule has 1 saturated carbocycles. The Bertz CT molecular complexity index is 568. The van der Waals surface area contributed by atoms with E-state index in [2.05, 4.69) is 9.62 Å². The molecule has 0 bridgehead atoms. The quantitative estimate of drug-likeness (QED) is 0.850. The number of sulfonamides is 1. The SMILES string of the molecule is CC1(N)CN(c2ccc(S(=O)(=O)NC3CC3)cc2)C1. The first-order valence-electron chi connectivity index (χ1n) is 6.52. The molecule has 1 aromatic rings. The summed E-state index contributed by atoms with van der Waals surface area (Å²) in [7, 11) is -3.34. The molecule has 1 heterocycles. The second kappa shape index (κ2) is 4.19. The van der Waals surface area contributed by atoms with Crippen molar-refractivity contribution in [2.45, 2.75) is 36.2 Å². The monoisotopic (exact) mass is 281 g/mol. The van der Waals surface area contributed by atoms with Gasteiger partial charge >= 0.3 is 0 Å². The van der Waals surface area contributed by atoms with Gasteiger partial charge in [0.2, 0.25) is 10.0 Å². The molecule has 0 radical (unpaired) electrons. The van der Waals surface area contributed by atoms with Crippen molar-refractivity contribution in [2.75, 3.05) is 18.0 Å². The van der Waals surface area contributed by atoms with Gasteiger partial charge in [0.25, 0.3) is 0 Å². The molecule has 104 valence electrons. The van der Waals surface area contributed by atoms with Gasteiger partial charge in [-0.15, -0.1) is 0 Å². The molecule has 6 heteroatoms. The van der Waals surface area contributed by atoms with E-state index in [1.54, 1.807) is 12.1 Å². The standard InChI is InChI=1S/C13H19N3O2S/c1-13(14)8-16(9-13)11-4-6-12(7-5-11)19(17,18)15-10-2-3-10/h4-7,10,15H,2-3,8-9,14H2,1H3. The molecule has 1 aliphatic heterocycles. The van der Waals surface area contributed by atoms with E-state index in [0.29, 0.717) is 4.90 Å². The molecule has 0 spiro atoms. The number of rotatable bonds is 4. The predicted molar refractivity (Wildman–Crippen MR) is 74.6 cm³/mol. The van der Waals surface area contributed by atoms with Gasteiger partial charge in [0, 0.05) is 30.4 Å². The molecule has 2 aliphatic rings. The van der Waals surface area contributed by atoms with Crippen molar-refractivity contribution in [3.63, 3.8) is 0 Å². The topological polar surface area (TPSA) is 75.4 Å². The van der Waals surface area contributed by atoms with E-state index < -0.39 is 10.0 Å². The summed E-state index contributed by atoms with van der Waals surface area (Å²) in [6, 6.07) is 7.14. The van der Waals surface area contributed by atoms with Crippen LogP contribution in [-0.4, -0.2) is 33.1 Å². The Hall–Kier alpha value is -1.11. The highest BCUT2D eigenvalue weighted by Crippen LogP contribution is 2.27. The molecular formula is C13H19N3O2S. The maximum Gasteiger partial charge on any atom is 0.240 e. The largest absolute Gasteiger partial charge is 0.368 e. The number of hydrogen-bond acceptors (Lipinski definition) is 4. The van der Waals surface area contributed by atoms with Crippen LogP contribution in [0, 0.1) is 0 Å². The van der Waals surface area contributed by atoms with Gasteiger partial charge in [0.1, 0.15) is 0 Å². The van der Waals surface area contributed by atoms with E-state index in [1.807, 2.05) is 19.1 Å². The molecule has 3 N–H and O–H groups in total. The van der Waals surface area contributed by atoms with Crippen LogP contribution in [0.1, 0.15) is 19.8 Å². The summed E-state index contributed by atoms with van der Waals surface area (Å²) in [6.07, 6.45) is 1.89. The Morgan fingerprint density at radius 2 is 1.84 bits per heavy atom. The van der Waals surface area contributed by atoms with Gasteiger partial charge in [-0.3, -0.25) is 0 Å². The van der Waals surface area contributed by atoms with Gasteiger partial charge in [-0.05, 0) is 44.0 Å². The minimum Gasteiger partial charge on any atom is -0.368 e. The minimum atomic E-state index is -3.34. The van der Waals surface area contributed by atoms with Gasteiger partial charge in [-0.25, -0.2) is 13.1 Å². The van der Waals surface area contributed by atoms with Gasteiger partial charge in [0.15, 0.2) is 0 Å². The molecule has 1 aliphatic carbocycles. The lowest BCUT2D eigenvalue weighted by Crippen LogP contribution is -2.65. The Morgan fingerprint density at radius 3 is 2.32 bits per heavy atom. The summed E-state index contributed by atoms with van der Waals surface area (Å²) in [4.78, 5) is 2.48. The molecule has 0 atom stereocenters. The van der Waals surface area contributed by atoms with Crippen LogP contribution in [-0.2, 0) is 10.0 Å². The highest BCUT2D eigenvalue weighted by molar-refractivity contribution is 7.89. The molecule has 19 heavy (non-hydrogen) atoms. The zero-order valence-corrected chi connectivity index (χ0v) is 11.8. The van der Waals surface area contributed by atoms with E-state index in [4.69, 9.17) is 5.73 Å². The molecule has 3 rings (SSSR count). The summed E-state index contributed by atoms with van der Waals surface area (Å²) in [5.74, 6) is 0. The fourth-order valence-electron chi connectivity index (χ4n) is 2.33. The number of nitrogens with two attached hydrogens (primary N) is 1. The van der Waals surface area contributed by atoms with Crippen LogP contribution in [0.25, 0.3) is 0 Å². The van der Waals surface area contributed by atoms with Crippen molar-refractivity contribution in [3.8, 4) is 0 Å². The van der Waals surface area contributed by atoms with E-state index in [0.717, 1.165) is 31.6 Å². The molecule has 0 amide bonds. The van der Waals surface area contributed by atoms with Crippen LogP contribution in [0.3, 0.4) is 0 Å². The number of hydrogen-bond donors (Lipinski definition) is 2. The van der Waals surface area contributed by atoms with Crippen LogP contribution < -0.4 is 15.4 Å². The van der Waals surface area contributed by atoms with Crippen molar-refractivity contribution < 1.29 is 8.42 Å². The first-order valence-corrected chi connectivity index (χ1v) is 8.00. The molecular weight excluding hydrogens is 262 g/mol. The first-order chi connectivity index (χ1) is 8.86. The lowest BCUT2D eigenvalue weighted by molar-refractivity contribution is 0.365. The Labute approximate surface area is 113 Å². The van der Waals surface area contributed by atoms with Crippen LogP contribution in [0.15, 0.2) is 29.2 Å². The first kappa shape index (κ1) is 12.9. The highest BCUT2D eigenvalue weighted by atomic mass is 32.2. The van der Waals surface area contributed by atoms with E-state index in [-0.39, 0.29) is 11.6 Å². The van der Waals surface area contributed by atoms with Gasteiger partial charge < -0.3 is 10.6 Å². The molecule has 1 saturated heterocycles. The fraction of sp³-hybridized carbons (Fsp3) is 0.538. The van der Waals surface area contributed by atoms with Gasteiger partial charge in [-0.2, -0.15) is 0 Å². The van der Waals surface area contributed by atoms with Gasteiger partial charge in [-0.1, -0.05) is 0 Å².